The number of carbonyl (C=O) groups excluding carboxylic acids is 1. The van der Waals surface area contributed by atoms with Crippen molar-refractivity contribution in [1.82, 2.24) is 4.90 Å². The molecular weight excluding hydrogens is 257 g/mol. The van der Waals surface area contributed by atoms with E-state index in [1.165, 1.54) is 19.3 Å². The molecule has 0 atom stereocenters. The van der Waals surface area contributed by atoms with Crippen LogP contribution in [0.1, 0.15) is 44.9 Å². The quantitative estimate of drug-likeness (QED) is 0.813. The summed E-state index contributed by atoms with van der Waals surface area (Å²) in [5.41, 5.74) is 5.26. The Balaban J connectivity index is 2.38. The predicted molar refractivity (Wildman–Crippen MR) is 67.5 cm³/mol. The van der Waals surface area contributed by atoms with Gasteiger partial charge in [-0.05, 0) is 12.3 Å². The molecule has 1 aliphatic carbocycles. The zero-order chi connectivity index (χ0) is 14.3. The molecule has 0 aliphatic heterocycles. The minimum Gasteiger partial charge on any atom is -0.332 e. The molecule has 19 heavy (non-hydrogen) atoms. The summed E-state index contributed by atoms with van der Waals surface area (Å²) in [6, 6.07) is 0. The molecule has 3 nitrogen and oxygen atoms in total. The Morgan fingerprint density at radius 2 is 1.84 bits per heavy atom. The Hall–Kier alpha value is -0.780. The van der Waals surface area contributed by atoms with Crippen LogP contribution in [0, 0.1) is 5.92 Å². The monoisotopic (exact) mass is 280 g/mol. The molecule has 1 aliphatic rings. The van der Waals surface area contributed by atoms with Crippen LogP contribution in [0.25, 0.3) is 0 Å². The normalized spacial score (nSPS) is 17.5. The number of nitrogens with two attached hydrogens (primary N) is 1. The summed E-state index contributed by atoms with van der Waals surface area (Å²) in [6.07, 6.45) is 2.35. The maximum atomic E-state index is 12.3. The van der Waals surface area contributed by atoms with E-state index >= 15 is 0 Å². The molecule has 0 radical (unpaired) electrons. The van der Waals surface area contributed by atoms with Gasteiger partial charge in [0.15, 0.2) is 0 Å². The van der Waals surface area contributed by atoms with Gasteiger partial charge in [0.2, 0.25) is 5.91 Å². The molecule has 0 saturated heterocycles. The summed E-state index contributed by atoms with van der Waals surface area (Å²) in [5.74, 6) is 0.0802. The Labute approximate surface area is 112 Å². The van der Waals surface area contributed by atoms with Gasteiger partial charge in [0.25, 0.3) is 0 Å². The number of halogens is 3. The zero-order valence-corrected chi connectivity index (χ0v) is 11.2. The van der Waals surface area contributed by atoms with E-state index in [-0.39, 0.29) is 19.5 Å². The summed E-state index contributed by atoms with van der Waals surface area (Å²) in [6.45, 7) is -1.15. The molecule has 0 aromatic rings. The van der Waals surface area contributed by atoms with Crippen LogP contribution < -0.4 is 5.73 Å². The first-order chi connectivity index (χ1) is 8.92. The molecule has 0 heterocycles. The zero-order valence-electron chi connectivity index (χ0n) is 11.2. The predicted octanol–water partition coefficient (Wildman–Crippen LogP) is 2.70. The van der Waals surface area contributed by atoms with Crippen molar-refractivity contribution in [1.29, 1.82) is 0 Å². The number of amides is 1. The Morgan fingerprint density at radius 1 is 1.21 bits per heavy atom. The fraction of sp³-hybridized carbons (Fsp3) is 0.923. The van der Waals surface area contributed by atoms with Crippen LogP contribution in [-0.4, -0.2) is 36.6 Å². The van der Waals surface area contributed by atoms with Gasteiger partial charge in [0.1, 0.15) is 6.54 Å². The lowest BCUT2D eigenvalue weighted by Crippen LogP contribution is -2.41. The van der Waals surface area contributed by atoms with E-state index in [0.29, 0.717) is 12.3 Å². The van der Waals surface area contributed by atoms with Crippen LogP contribution in [0.15, 0.2) is 0 Å². The minimum absolute atomic E-state index is 0.0248. The molecule has 0 aromatic carbocycles. The van der Waals surface area contributed by atoms with Crippen molar-refractivity contribution in [3.8, 4) is 0 Å². The van der Waals surface area contributed by atoms with E-state index in [4.69, 9.17) is 5.73 Å². The highest BCUT2D eigenvalue weighted by Crippen LogP contribution is 2.27. The minimum atomic E-state index is -4.35. The highest BCUT2D eigenvalue weighted by Gasteiger charge is 2.32. The van der Waals surface area contributed by atoms with Gasteiger partial charge in [0.05, 0.1) is 0 Å². The van der Waals surface area contributed by atoms with Crippen LogP contribution >= 0.6 is 0 Å². The van der Waals surface area contributed by atoms with Crippen molar-refractivity contribution in [2.75, 3.05) is 19.6 Å². The van der Waals surface area contributed by atoms with E-state index in [9.17, 15) is 18.0 Å². The lowest BCUT2D eigenvalue weighted by atomic mass is 9.86. The smallest absolute Gasteiger partial charge is 0.332 e. The number of nitrogens with zero attached hydrogens (tertiary/aromatic N) is 1. The SMILES string of the molecule is NCCN(CC(F)(F)F)C(=O)CCC1CCCCC1. The molecule has 1 rings (SSSR count). The summed E-state index contributed by atoms with van der Waals surface area (Å²) in [5, 5.41) is 0. The molecule has 6 heteroatoms. The average molecular weight is 280 g/mol. The standard InChI is InChI=1S/C13H23F3N2O/c14-13(15,16)10-18(9-8-17)12(19)7-6-11-4-2-1-3-5-11/h11H,1-10,17H2. The van der Waals surface area contributed by atoms with Gasteiger partial charge >= 0.3 is 6.18 Å². The van der Waals surface area contributed by atoms with Crippen LogP contribution in [0.2, 0.25) is 0 Å². The van der Waals surface area contributed by atoms with E-state index in [1.54, 1.807) is 0 Å². The molecular formula is C13H23F3N2O. The Kier molecular flexibility index (Phi) is 6.62. The summed E-state index contributed by atoms with van der Waals surface area (Å²) in [7, 11) is 0. The number of rotatable bonds is 6. The second-order valence-corrected chi connectivity index (χ2v) is 5.26. The third kappa shape index (κ3) is 6.80. The fourth-order valence-corrected chi connectivity index (χ4v) is 2.63. The van der Waals surface area contributed by atoms with E-state index in [1.807, 2.05) is 0 Å². The van der Waals surface area contributed by atoms with E-state index in [2.05, 4.69) is 0 Å². The van der Waals surface area contributed by atoms with E-state index in [0.717, 1.165) is 17.7 Å². The second-order valence-electron chi connectivity index (χ2n) is 5.26. The van der Waals surface area contributed by atoms with Gasteiger partial charge in [-0.25, -0.2) is 0 Å². The van der Waals surface area contributed by atoms with Gasteiger partial charge < -0.3 is 10.6 Å². The van der Waals surface area contributed by atoms with Crippen LogP contribution in [0.5, 0.6) is 0 Å². The number of hydrogen-bond donors (Lipinski definition) is 1. The first-order valence-corrected chi connectivity index (χ1v) is 6.97. The van der Waals surface area contributed by atoms with Crippen molar-refractivity contribution >= 4 is 5.91 Å². The van der Waals surface area contributed by atoms with Crippen LogP contribution in [0.3, 0.4) is 0 Å². The van der Waals surface area contributed by atoms with E-state index < -0.39 is 18.6 Å². The van der Waals surface area contributed by atoms with Gasteiger partial charge in [-0.2, -0.15) is 13.2 Å². The third-order valence-corrected chi connectivity index (χ3v) is 3.61. The van der Waals surface area contributed by atoms with Gasteiger partial charge in [-0.3, -0.25) is 4.79 Å². The molecule has 0 aromatic heterocycles. The molecule has 1 fully saturated rings. The van der Waals surface area contributed by atoms with Crippen LogP contribution in [-0.2, 0) is 4.79 Å². The molecule has 1 saturated carbocycles. The lowest BCUT2D eigenvalue weighted by molar-refractivity contribution is -0.161. The van der Waals surface area contributed by atoms with Crippen molar-refractivity contribution in [3.63, 3.8) is 0 Å². The van der Waals surface area contributed by atoms with Crippen LogP contribution in [0.4, 0.5) is 13.2 Å². The molecule has 0 spiro atoms. The van der Waals surface area contributed by atoms with Crippen molar-refractivity contribution in [2.24, 2.45) is 11.7 Å². The Bertz CT molecular complexity index is 276. The molecule has 1 amide bonds. The maximum absolute atomic E-state index is 12.3. The summed E-state index contributed by atoms with van der Waals surface area (Å²) >= 11 is 0. The molecule has 2 N–H and O–H groups in total. The Morgan fingerprint density at radius 3 is 2.37 bits per heavy atom. The number of alkyl halides is 3. The van der Waals surface area contributed by atoms with Crippen molar-refractivity contribution in [3.05, 3.63) is 0 Å². The number of carbonyl (C=O) groups is 1. The molecule has 112 valence electrons. The highest BCUT2D eigenvalue weighted by atomic mass is 19.4. The van der Waals surface area contributed by atoms with Crippen molar-refractivity contribution in [2.45, 2.75) is 51.1 Å². The summed E-state index contributed by atoms with van der Waals surface area (Å²) in [4.78, 5) is 12.7. The third-order valence-electron chi connectivity index (χ3n) is 3.61. The first-order valence-electron chi connectivity index (χ1n) is 6.97. The largest absolute Gasteiger partial charge is 0.406 e. The lowest BCUT2D eigenvalue weighted by Gasteiger charge is -2.25. The van der Waals surface area contributed by atoms with Gasteiger partial charge in [-0.15, -0.1) is 0 Å². The average Bonchev–Trinajstić information content (AvgIpc) is 2.35. The molecule has 0 bridgehead atoms. The fourth-order valence-electron chi connectivity index (χ4n) is 2.63. The maximum Gasteiger partial charge on any atom is 0.406 e. The first kappa shape index (κ1) is 16.3. The number of hydrogen-bond acceptors (Lipinski definition) is 2. The highest BCUT2D eigenvalue weighted by molar-refractivity contribution is 5.76. The second kappa shape index (κ2) is 7.72. The summed E-state index contributed by atoms with van der Waals surface area (Å²) < 4.78 is 37.0. The van der Waals surface area contributed by atoms with Gasteiger partial charge in [-0.1, -0.05) is 32.1 Å². The van der Waals surface area contributed by atoms with Crippen molar-refractivity contribution < 1.29 is 18.0 Å². The topological polar surface area (TPSA) is 46.3 Å². The van der Waals surface area contributed by atoms with Gasteiger partial charge in [0, 0.05) is 19.5 Å². The molecule has 0 unspecified atom stereocenters.